The van der Waals surface area contributed by atoms with Crippen LogP contribution in [0.4, 0.5) is 5.69 Å². The molecule has 0 spiro atoms. The van der Waals surface area contributed by atoms with Gasteiger partial charge in [0, 0.05) is 10.5 Å². The predicted molar refractivity (Wildman–Crippen MR) is 64.0 cm³/mol. The summed E-state index contributed by atoms with van der Waals surface area (Å²) in [6, 6.07) is 11.9. The third-order valence-electron chi connectivity index (χ3n) is 2.38. The van der Waals surface area contributed by atoms with Crippen LogP contribution in [0.1, 0.15) is 5.56 Å². The standard InChI is InChI=1S/C12H10N2S/c1-15-12-9-6-4-2-3-5-8(9)10(7-13)11(12)14/h2-6H,14H2,1H3. The second-order valence-corrected chi connectivity index (χ2v) is 3.99. The van der Waals surface area contributed by atoms with Gasteiger partial charge in [-0.1, -0.05) is 30.3 Å². The smallest absolute Gasteiger partial charge is 0.102 e. The number of hydrogen-bond acceptors (Lipinski definition) is 3. The summed E-state index contributed by atoms with van der Waals surface area (Å²) in [5, 5.41) is 9.07. The van der Waals surface area contributed by atoms with Gasteiger partial charge in [0.15, 0.2) is 0 Å². The van der Waals surface area contributed by atoms with Crippen molar-refractivity contribution in [2.45, 2.75) is 4.90 Å². The number of thioether (sulfide) groups is 1. The molecule has 2 aliphatic carbocycles. The van der Waals surface area contributed by atoms with Gasteiger partial charge in [-0.2, -0.15) is 5.26 Å². The Morgan fingerprint density at radius 2 is 1.87 bits per heavy atom. The molecule has 0 aromatic carbocycles. The third kappa shape index (κ3) is 1.43. The lowest BCUT2D eigenvalue weighted by atomic mass is 10.1. The van der Waals surface area contributed by atoms with Gasteiger partial charge in [-0.3, -0.25) is 0 Å². The van der Waals surface area contributed by atoms with Gasteiger partial charge in [-0.25, -0.2) is 0 Å². The second kappa shape index (κ2) is 3.84. The van der Waals surface area contributed by atoms with E-state index in [2.05, 4.69) is 6.07 Å². The first-order valence-electron chi connectivity index (χ1n) is 4.54. The van der Waals surface area contributed by atoms with E-state index < -0.39 is 0 Å². The Morgan fingerprint density at radius 1 is 1.20 bits per heavy atom. The number of nitriles is 1. The molecule has 0 aliphatic heterocycles. The molecule has 2 aliphatic rings. The summed E-state index contributed by atoms with van der Waals surface area (Å²) in [4.78, 5) is 0.998. The van der Waals surface area contributed by atoms with E-state index in [1.807, 2.05) is 36.6 Å². The van der Waals surface area contributed by atoms with Crippen molar-refractivity contribution in [1.82, 2.24) is 0 Å². The minimum Gasteiger partial charge on any atom is -0.397 e. The zero-order chi connectivity index (χ0) is 10.8. The van der Waals surface area contributed by atoms with Crippen LogP contribution < -0.4 is 5.73 Å². The molecule has 0 aromatic rings. The Labute approximate surface area is 93.1 Å². The molecule has 0 saturated carbocycles. The molecule has 3 heteroatoms. The molecule has 0 radical (unpaired) electrons. The van der Waals surface area contributed by atoms with Crippen LogP contribution in [0.2, 0.25) is 0 Å². The van der Waals surface area contributed by atoms with Crippen LogP contribution in [-0.2, 0) is 0 Å². The van der Waals surface area contributed by atoms with E-state index in [0.29, 0.717) is 11.3 Å². The van der Waals surface area contributed by atoms with Gasteiger partial charge in [0.25, 0.3) is 0 Å². The van der Waals surface area contributed by atoms with E-state index in [-0.39, 0.29) is 0 Å². The second-order valence-electron chi connectivity index (χ2n) is 3.17. The molecular weight excluding hydrogens is 204 g/mol. The third-order valence-corrected chi connectivity index (χ3v) is 3.23. The summed E-state index contributed by atoms with van der Waals surface area (Å²) in [6.07, 6.45) is 1.97. The lowest BCUT2D eigenvalue weighted by Crippen LogP contribution is -1.85. The summed E-state index contributed by atoms with van der Waals surface area (Å²) in [5.74, 6) is 0. The Balaban J connectivity index is 2.86. The van der Waals surface area contributed by atoms with Crippen molar-refractivity contribution in [2.24, 2.45) is 0 Å². The van der Waals surface area contributed by atoms with E-state index in [1.165, 1.54) is 0 Å². The topological polar surface area (TPSA) is 49.8 Å². The molecule has 0 heterocycles. The maximum absolute atomic E-state index is 9.07. The van der Waals surface area contributed by atoms with Gasteiger partial charge in [0.1, 0.15) is 6.07 Å². The summed E-state index contributed by atoms with van der Waals surface area (Å²) < 4.78 is 0. The zero-order valence-corrected chi connectivity index (χ0v) is 9.14. The Bertz CT molecular complexity index is 514. The molecule has 15 heavy (non-hydrogen) atoms. The Morgan fingerprint density at radius 3 is 2.47 bits per heavy atom. The molecule has 0 saturated heterocycles. The van der Waals surface area contributed by atoms with Crippen molar-refractivity contribution in [2.75, 3.05) is 12.0 Å². The average molecular weight is 214 g/mol. The summed E-state index contributed by atoms with van der Waals surface area (Å²) in [6.45, 7) is 0. The first kappa shape index (κ1) is 9.88. The fourth-order valence-corrected chi connectivity index (χ4v) is 2.43. The van der Waals surface area contributed by atoms with Gasteiger partial charge in [0.05, 0.1) is 11.3 Å². The Hall–Kier alpha value is -1.66. The van der Waals surface area contributed by atoms with Crippen LogP contribution in [-0.4, -0.2) is 6.26 Å². The molecule has 2 rings (SSSR count). The molecule has 0 unspecified atom stereocenters. The van der Waals surface area contributed by atoms with Crippen molar-refractivity contribution in [3.63, 3.8) is 0 Å². The number of fused-ring (bicyclic) bond motifs is 1. The minimum absolute atomic E-state index is 0.588. The highest BCUT2D eigenvalue weighted by atomic mass is 32.2. The van der Waals surface area contributed by atoms with Gasteiger partial charge in [0.2, 0.25) is 0 Å². The van der Waals surface area contributed by atoms with Gasteiger partial charge < -0.3 is 5.73 Å². The molecule has 2 nitrogen and oxygen atoms in total. The first-order chi connectivity index (χ1) is 7.29. The molecule has 0 fully saturated rings. The Kier molecular flexibility index (Phi) is 2.53. The number of nitrogens with zero attached hydrogens (tertiary/aromatic N) is 1. The van der Waals surface area contributed by atoms with Crippen molar-refractivity contribution in [1.29, 1.82) is 5.26 Å². The fourth-order valence-electron chi connectivity index (χ4n) is 1.71. The molecular formula is C12H10N2S. The van der Waals surface area contributed by atoms with E-state index >= 15 is 0 Å². The largest absolute Gasteiger partial charge is 0.397 e. The molecule has 2 N–H and O–H groups in total. The highest BCUT2D eigenvalue weighted by Gasteiger charge is 2.19. The van der Waals surface area contributed by atoms with Crippen LogP contribution in [0.25, 0.3) is 11.1 Å². The lowest BCUT2D eigenvalue weighted by Gasteiger charge is -1.96. The number of rotatable bonds is 1. The van der Waals surface area contributed by atoms with E-state index in [0.717, 1.165) is 16.0 Å². The monoisotopic (exact) mass is 214 g/mol. The van der Waals surface area contributed by atoms with Gasteiger partial charge in [-0.05, 0) is 11.8 Å². The highest BCUT2D eigenvalue weighted by Crippen LogP contribution is 2.42. The molecule has 0 bridgehead atoms. The lowest BCUT2D eigenvalue weighted by molar-refractivity contribution is 1.50. The minimum atomic E-state index is 0.588. The maximum atomic E-state index is 9.07. The van der Waals surface area contributed by atoms with E-state index in [1.54, 1.807) is 11.8 Å². The molecule has 74 valence electrons. The maximum Gasteiger partial charge on any atom is 0.102 e. The fraction of sp³-hybridized carbons (Fsp3) is 0.0833. The number of nitrogen functional groups attached to an aromatic ring is 1. The zero-order valence-electron chi connectivity index (χ0n) is 8.32. The van der Waals surface area contributed by atoms with Crippen LogP contribution in [0.3, 0.4) is 0 Å². The SMILES string of the molecule is CSc1c2cccccc-2c(C#N)c1N. The molecule has 0 aromatic heterocycles. The van der Waals surface area contributed by atoms with Crippen LogP contribution in [0, 0.1) is 11.3 Å². The van der Waals surface area contributed by atoms with Crippen molar-refractivity contribution < 1.29 is 0 Å². The number of hydrogen-bond donors (Lipinski definition) is 1. The average Bonchev–Trinajstić information content (AvgIpc) is 2.43. The van der Waals surface area contributed by atoms with E-state index in [9.17, 15) is 0 Å². The predicted octanol–water partition coefficient (Wildman–Crippen LogP) is 2.97. The van der Waals surface area contributed by atoms with Crippen LogP contribution in [0.5, 0.6) is 0 Å². The number of anilines is 1. The quantitative estimate of drug-likeness (QED) is 0.742. The summed E-state index contributed by atoms with van der Waals surface area (Å²) in [5.41, 5.74) is 9.12. The highest BCUT2D eigenvalue weighted by molar-refractivity contribution is 7.99. The van der Waals surface area contributed by atoms with Crippen LogP contribution in [0.15, 0.2) is 35.2 Å². The summed E-state index contributed by atoms with van der Waals surface area (Å²) in [7, 11) is 0. The summed E-state index contributed by atoms with van der Waals surface area (Å²) >= 11 is 1.58. The van der Waals surface area contributed by atoms with Gasteiger partial charge in [-0.15, -0.1) is 11.8 Å². The number of nitrogens with two attached hydrogens (primary N) is 1. The van der Waals surface area contributed by atoms with Crippen molar-refractivity contribution in [3.05, 3.63) is 35.9 Å². The van der Waals surface area contributed by atoms with Crippen molar-refractivity contribution >= 4 is 17.4 Å². The van der Waals surface area contributed by atoms with E-state index in [4.69, 9.17) is 11.0 Å². The molecule has 0 atom stereocenters. The molecule has 0 amide bonds. The first-order valence-corrected chi connectivity index (χ1v) is 5.76. The van der Waals surface area contributed by atoms with Gasteiger partial charge >= 0.3 is 0 Å². The van der Waals surface area contributed by atoms with Crippen LogP contribution >= 0.6 is 11.8 Å². The van der Waals surface area contributed by atoms with Crippen molar-refractivity contribution in [3.8, 4) is 17.2 Å². The normalized spacial score (nSPS) is 10.1.